The van der Waals surface area contributed by atoms with Crippen molar-refractivity contribution in [1.29, 1.82) is 0 Å². The quantitative estimate of drug-likeness (QED) is 0.616. The van der Waals surface area contributed by atoms with Crippen molar-refractivity contribution >= 4 is 24.8 Å². The van der Waals surface area contributed by atoms with Gasteiger partial charge in [-0.25, -0.2) is 0 Å². The average molecular weight is 384 g/mol. The SMILES string of the molecule is CC(=O)NCC(=Cc1cc(N)ccc1C(F)(F)F)B1OC(C)(C)C(C)(C)O1. The Labute approximate surface area is 157 Å². The molecular weight excluding hydrogens is 360 g/mol. The summed E-state index contributed by atoms with van der Waals surface area (Å²) in [5, 5.41) is 2.59. The Morgan fingerprint density at radius 2 is 1.78 bits per heavy atom. The van der Waals surface area contributed by atoms with E-state index in [1.807, 2.05) is 27.7 Å². The lowest BCUT2D eigenvalue weighted by Crippen LogP contribution is -2.41. The summed E-state index contributed by atoms with van der Waals surface area (Å²) in [4.78, 5) is 11.3. The van der Waals surface area contributed by atoms with Crippen LogP contribution in [0.3, 0.4) is 0 Å². The second kappa shape index (κ2) is 7.20. The average Bonchev–Trinajstić information content (AvgIpc) is 2.70. The van der Waals surface area contributed by atoms with E-state index in [4.69, 9.17) is 15.0 Å². The third-order valence-corrected chi connectivity index (χ3v) is 4.82. The number of halogens is 3. The van der Waals surface area contributed by atoms with E-state index in [1.165, 1.54) is 25.1 Å². The van der Waals surface area contributed by atoms with Crippen LogP contribution in [0.1, 0.15) is 45.7 Å². The number of hydrogen-bond acceptors (Lipinski definition) is 4. The Hall–Kier alpha value is -2.00. The van der Waals surface area contributed by atoms with Crippen LogP contribution in [0.5, 0.6) is 0 Å². The third-order valence-electron chi connectivity index (χ3n) is 4.82. The fourth-order valence-electron chi connectivity index (χ4n) is 2.58. The van der Waals surface area contributed by atoms with Crippen molar-refractivity contribution in [3.63, 3.8) is 0 Å². The molecule has 1 aromatic carbocycles. The molecule has 1 aliphatic heterocycles. The van der Waals surface area contributed by atoms with Crippen LogP contribution in [-0.2, 0) is 20.3 Å². The van der Waals surface area contributed by atoms with Gasteiger partial charge in [0.25, 0.3) is 0 Å². The first-order chi connectivity index (χ1) is 12.2. The maximum absolute atomic E-state index is 13.4. The van der Waals surface area contributed by atoms with Crippen LogP contribution >= 0.6 is 0 Å². The molecule has 2 rings (SSSR count). The molecule has 1 aromatic rings. The van der Waals surface area contributed by atoms with Crippen molar-refractivity contribution in [1.82, 2.24) is 5.32 Å². The van der Waals surface area contributed by atoms with E-state index in [-0.39, 0.29) is 23.7 Å². The summed E-state index contributed by atoms with van der Waals surface area (Å²) in [6.45, 7) is 8.66. The van der Waals surface area contributed by atoms with E-state index in [0.717, 1.165) is 6.07 Å². The maximum atomic E-state index is 13.4. The predicted molar refractivity (Wildman–Crippen MR) is 98.6 cm³/mol. The molecule has 5 nitrogen and oxygen atoms in total. The smallest absolute Gasteiger partial charge is 0.400 e. The molecule has 1 saturated heterocycles. The summed E-state index contributed by atoms with van der Waals surface area (Å²) < 4.78 is 52.0. The molecule has 1 fully saturated rings. The monoisotopic (exact) mass is 384 g/mol. The van der Waals surface area contributed by atoms with Crippen molar-refractivity contribution in [3.05, 3.63) is 34.8 Å². The van der Waals surface area contributed by atoms with E-state index in [2.05, 4.69) is 5.32 Å². The fraction of sp³-hybridized carbons (Fsp3) is 0.500. The summed E-state index contributed by atoms with van der Waals surface area (Å²) in [5.74, 6) is -0.318. The van der Waals surface area contributed by atoms with Crippen molar-refractivity contribution in [2.24, 2.45) is 0 Å². The van der Waals surface area contributed by atoms with E-state index in [1.54, 1.807) is 0 Å². The molecule has 0 radical (unpaired) electrons. The number of anilines is 1. The van der Waals surface area contributed by atoms with E-state index in [9.17, 15) is 18.0 Å². The molecular formula is C18H24BF3N2O3. The predicted octanol–water partition coefficient (Wildman–Crippen LogP) is 3.44. The van der Waals surface area contributed by atoms with Crippen LogP contribution < -0.4 is 11.1 Å². The van der Waals surface area contributed by atoms with Gasteiger partial charge in [-0.1, -0.05) is 6.08 Å². The van der Waals surface area contributed by atoms with Crippen LogP contribution in [-0.4, -0.2) is 30.8 Å². The third kappa shape index (κ3) is 4.84. The molecule has 1 heterocycles. The first-order valence-corrected chi connectivity index (χ1v) is 8.50. The summed E-state index contributed by atoms with van der Waals surface area (Å²) >= 11 is 0. The molecule has 3 N–H and O–H groups in total. The van der Waals surface area contributed by atoms with E-state index >= 15 is 0 Å². The first-order valence-electron chi connectivity index (χ1n) is 8.50. The number of nitrogens with one attached hydrogen (secondary N) is 1. The highest BCUT2D eigenvalue weighted by atomic mass is 19.4. The van der Waals surface area contributed by atoms with Crippen molar-refractivity contribution < 1.29 is 27.3 Å². The standard InChI is InChI=1S/C18H24BF3N2O3/c1-11(25)24-10-13(19-26-16(2,3)17(4,5)27-19)8-12-9-14(23)6-7-15(12)18(20,21)22/h6-9H,10,23H2,1-5H3,(H,24,25). The molecule has 1 aliphatic rings. The van der Waals surface area contributed by atoms with Gasteiger partial charge in [-0.2, -0.15) is 13.2 Å². The number of amides is 1. The Morgan fingerprint density at radius 1 is 1.22 bits per heavy atom. The Balaban J connectivity index is 2.50. The zero-order chi connectivity index (χ0) is 20.6. The Morgan fingerprint density at radius 3 is 2.26 bits per heavy atom. The molecule has 27 heavy (non-hydrogen) atoms. The largest absolute Gasteiger partial charge is 0.492 e. The van der Waals surface area contributed by atoms with Crippen LogP contribution in [0.2, 0.25) is 0 Å². The summed E-state index contributed by atoms with van der Waals surface area (Å²) in [6, 6.07) is 3.37. The zero-order valence-electron chi connectivity index (χ0n) is 16.0. The molecule has 0 spiro atoms. The van der Waals surface area contributed by atoms with Gasteiger partial charge in [0.1, 0.15) is 0 Å². The van der Waals surface area contributed by atoms with Crippen LogP contribution in [0, 0.1) is 0 Å². The highest BCUT2D eigenvalue weighted by Crippen LogP contribution is 2.39. The van der Waals surface area contributed by atoms with Crippen molar-refractivity contribution in [2.45, 2.75) is 52.0 Å². The molecule has 0 unspecified atom stereocenters. The van der Waals surface area contributed by atoms with Crippen molar-refractivity contribution in [2.75, 3.05) is 12.3 Å². The lowest BCUT2D eigenvalue weighted by Gasteiger charge is -2.32. The minimum Gasteiger partial charge on any atom is -0.400 e. The number of carbonyl (C=O) groups excluding carboxylic acids is 1. The molecule has 0 aliphatic carbocycles. The molecule has 0 bridgehead atoms. The van der Waals surface area contributed by atoms with Gasteiger partial charge in [-0.3, -0.25) is 4.79 Å². The number of carbonyl (C=O) groups is 1. The molecule has 0 atom stereocenters. The van der Waals surface area contributed by atoms with Gasteiger partial charge in [0.15, 0.2) is 0 Å². The lowest BCUT2D eigenvalue weighted by molar-refractivity contribution is -0.137. The lowest BCUT2D eigenvalue weighted by atomic mass is 9.76. The Bertz CT molecular complexity index is 745. The summed E-state index contributed by atoms with van der Waals surface area (Å²) in [5.41, 5.74) is 3.96. The van der Waals surface area contributed by atoms with Crippen LogP contribution in [0.25, 0.3) is 6.08 Å². The second-order valence-electron chi connectivity index (χ2n) is 7.56. The second-order valence-corrected chi connectivity index (χ2v) is 7.56. The number of nitrogen functional groups attached to an aromatic ring is 1. The highest BCUT2D eigenvalue weighted by Gasteiger charge is 2.52. The van der Waals surface area contributed by atoms with Gasteiger partial charge in [0.2, 0.25) is 5.91 Å². The van der Waals surface area contributed by atoms with Gasteiger partial charge in [-0.15, -0.1) is 0 Å². The van der Waals surface area contributed by atoms with Gasteiger partial charge in [-0.05, 0) is 56.9 Å². The zero-order valence-corrected chi connectivity index (χ0v) is 16.0. The van der Waals surface area contributed by atoms with Crippen LogP contribution in [0.15, 0.2) is 23.7 Å². The number of alkyl halides is 3. The topological polar surface area (TPSA) is 73.6 Å². The number of hydrogen-bond donors (Lipinski definition) is 2. The maximum Gasteiger partial charge on any atom is 0.492 e. The number of benzene rings is 1. The molecule has 9 heteroatoms. The molecule has 1 amide bonds. The molecule has 0 saturated carbocycles. The minimum absolute atomic E-state index is 0.0156. The highest BCUT2D eigenvalue weighted by molar-refractivity contribution is 6.56. The summed E-state index contributed by atoms with van der Waals surface area (Å²) in [6.07, 6.45) is -3.23. The number of rotatable bonds is 4. The Kier molecular flexibility index (Phi) is 5.68. The summed E-state index contributed by atoms with van der Waals surface area (Å²) in [7, 11) is -0.899. The van der Waals surface area contributed by atoms with Crippen LogP contribution in [0.4, 0.5) is 18.9 Å². The number of nitrogens with two attached hydrogens (primary N) is 1. The normalized spacial score (nSPS) is 19.3. The first kappa shape index (κ1) is 21.3. The van der Waals surface area contributed by atoms with Gasteiger partial charge in [0.05, 0.1) is 16.8 Å². The fourth-order valence-corrected chi connectivity index (χ4v) is 2.58. The van der Waals surface area contributed by atoms with Gasteiger partial charge >= 0.3 is 13.3 Å². The van der Waals surface area contributed by atoms with E-state index in [0.29, 0.717) is 5.47 Å². The minimum atomic E-state index is -4.55. The van der Waals surface area contributed by atoms with E-state index < -0.39 is 30.1 Å². The molecule has 148 valence electrons. The van der Waals surface area contributed by atoms with Gasteiger partial charge in [0, 0.05) is 19.2 Å². The van der Waals surface area contributed by atoms with Crippen molar-refractivity contribution in [3.8, 4) is 0 Å². The van der Waals surface area contributed by atoms with Gasteiger partial charge < -0.3 is 20.4 Å². The molecule has 0 aromatic heterocycles.